The Morgan fingerprint density at radius 2 is 2.12 bits per heavy atom. The lowest BCUT2D eigenvalue weighted by Gasteiger charge is -1.98. The van der Waals surface area contributed by atoms with E-state index in [1.165, 1.54) is 6.26 Å². The monoisotopic (exact) mass is 239 g/mol. The third-order valence-corrected chi connectivity index (χ3v) is 4.13. The molecule has 1 heterocycles. The number of nitrogen functional groups attached to an aromatic ring is 1. The number of anilines is 1. The van der Waals surface area contributed by atoms with Crippen LogP contribution in [0.1, 0.15) is 12.5 Å². The van der Waals surface area contributed by atoms with Crippen LogP contribution in [-0.2, 0) is 15.6 Å². The van der Waals surface area contributed by atoms with Crippen LogP contribution in [0.4, 0.5) is 5.69 Å². The van der Waals surface area contributed by atoms with Crippen molar-refractivity contribution in [2.24, 2.45) is 0 Å². The van der Waals surface area contributed by atoms with Crippen molar-refractivity contribution in [1.29, 1.82) is 0 Å². The van der Waals surface area contributed by atoms with E-state index in [-0.39, 0.29) is 11.5 Å². The first-order chi connectivity index (χ1) is 7.52. The maximum absolute atomic E-state index is 11.5. The molecule has 86 valence electrons. The summed E-state index contributed by atoms with van der Waals surface area (Å²) in [5.41, 5.74) is 7.53. The quantitative estimate of drug-likeness (QED) is 0.831. The van der Waals surface area contributed by atoms with Crippen LogP contribution in [-0.4, -0.2) is 14.2 Å². The van der Waals surface area contributed by atoms with Gasteiger partial charge in [-0.15, -0.1) is 0 Å². The normalized spacial score (nSPS) is 12.1. The van der Waals surface area contributed by atoms with E-state index < -0.39 is 9.84 Å². The Labute approximate surface area is 94.0 Å². The molecule has 0 saturated heterocycles. The van der Waals surface area contributed by atoms with Gasteiger partial charge in [0.05, 0.1) is 12.0 Å². The van der Waals surface area contributed by atoms with Gasteiger partial charge >= 0.3 is 0 Å². The third-order valence-electron chi connectivity index (χ3n) is 2.50. The highest BCUT2D eigenvalue weighted by Gasteiger charge is 2.13. The van der Waals surface area contributed by atoms with Crippen LogP contribution in [0, 0.1) is 0 Å². The van der Waals surface area contributed by atoms with E-state index in [1.807, 2.05) is 0 Å². The second-order valence-corrected chi connectivity index (χ2v) is 6.05. The molecule has 2 N–H and O–H groups in total. The molecule has 0 radical (unpaired) electrons. The van der Waals surface area contributed by atoms with Crippen LogP contribution in [0.15, 0.2) is 28.9 Å². The fraction of sp³-hybridized carbons (Fsp3) is 0.273. The van der Waals surface area contributed by atoms with Crippen LogP contribution in [0.2, 0.25) is 0 Å². The van der Waals surface area contributed by atoms with Crippen molar-refractivity contribution in [1.82, 2.24) is 0 Å². The minimum Gasteiger partial charge on any atom is -0.464 e. The van der Waals surface area contributed by atoms with Crippen molar-refractivity contribution >= 4 is 26.5 Å². The molecule has 2 aromatic rings. The van der Waals surface area contributed by atoms with Gasteiger partial charge in [-0.3, -0.25) is 0 Å². The van der Waals surface area contributed by atoms with E-state index in [9.17, 15) is 8.42 Å². The van der Waals surface area contributed by atoms with Crippen LogP contribution in [0.25, 0.3) is 11.0 Å². The number of furan rings is 1. The number of hydrogen-bond donors (Lipinski definition) is 1. The molecule has 0 bridgehead atoms. The lowest BCUT2D eigenvalue weighted by molar-refractivity contribution is 0.592. The largest absolute Gasteiger partial charge is 0.464 e. The van der Waals surface area contributed by atoms with E-state index in [0.29, 0.717) is 16.8 Å². The Morgan fingerprint density at radius 3 is 2.81 bits per heavy atom. The lowest BCUT2D eigenvalue weighted by atomic mass is 10.2. The van der Waals surface area contributed by atoms with Gasteiger partial charge in [-0.1, -0.05) is 6.92 Å². The third kappa shape index (κ3) is 2.04. The van der Waals surface area contributed by atoms with Crippen LogP contribution in [0.3, 0.4) is 0 Å². The summed E-state index contributed by atoms with van der Waals surface area (Å²) >= 11 is 0. The first-order valence-corrected chi connectivity index (χ1v) is 6.80. The highest BCUT2D eigenvalue weighted by Crippen LogP contribution is 2.24. The van der Waals surface area contributed by atoms with Gasteiger partial charge in [0.2, 0.25) is 0 Å². The molecule has 16 heavy (non-hydrogen) atoms. The predicted molar refractivity (Wildman–Crippen MR) is 63.8 cm³/mol. The molecule has 2 rings (SSSR count). The minimum absolute atomic E-state index is 0.0143. The van der Waals surface area contributed by atoms with E-state index in [2.05, 4.69) is 0 Å². The maximum Gasteiger partial charge on any atom is 0.154 e. The highest BCUT2D eigenvalue weighted by atomic mass is 32.2. The SMILES string of the molecule is CCS(=O)(=O)Cc1coc2cc(N)ccc12. The molecular formula is C11H13NO3S. The van der Waals surface area contributed by atoms with Gasteiger partial charge in [0.15, 0.2) is 9.84 Å². The van der Waals surface area contributed by atoms with Crippen molar-refractivity contribution < 1.29 is 12.8 Å². The topological polar surface area (TPSA) is 73.3 Å². The van der Waals surface area contributed by atoms with Gasteiger partial charge in [0.25, 0.3) is 0 Å². The second-order valence-electron chi connectivity index (χ2n) is 3.69. The first-order valence-electron chi connectivity index (χ1n) is 4.98. The number of benzene rings is 1. The molecule has 0 aliphatic heterocycles. The molecule has 0 unspecified atom stereocenters. The summed E-state index contributed by atoms with van der Waals surface area (Å²) in [7, 11) is -3.04. The summed E-state index contributed by atoms with van der Waals surface area (Å²) in [6.45, 7) is 1.63. The van der Waals surface area contributed by atoms with Crippen LogP contribution < -0.4 is 5.73 Å². The number of nitrogens with two attached hydrogens (primary N) is 1. The van der Waals surface area contributed by atoms with Crippen molar-refractivity contribution in [2.75, 3.05) is 11.5 Å². The zero-order valence-electron chi connectivity index (χ0n) is 8.93. The fourth-order valence-corrected chi connectivity index (χ4v) is 2.45. The van der Waals surface area contributed by atoms with E-state index in [0.717, 1.165) is 5.39 Å². The van der Waals surface area contributed by atoms with Crippen molar-refractivity contribution in [2.45, 2.75) is 12.7 Å². The molecule has 1 aromatic carbocycles. The van der Waals surface area contributed by atoms with E-state index >= 15 is 0 Å². The Balaban J connectivity index is 2.47. The molecule has 0 spiro atoms. The second kappa shape index (κ2) is 3.83. The molecule has 0 fully saturated rings. The zero-order chi connectivity index (χ0) is 11.8. The Kier molecular flexibility index (Phi) is 2.63. The summed E-state index contributed by atoms with van der Waals surface area (Å²) in [4.78, 5) is 0. The van der Waals surface area contributed by atoms with Crippen molar-refractivity contribution in [3.63, 3.8) is 0 Å². The van der Waals surface area contributed by atoms with E-state index in [1.54, 1.807) is 25.1 Å². The van der Waals surface area contributed by atoms with Crippen LogP contribution in [0.5, 0.6) is 0 Å². The average Bonchev–Trinajstić information content (AvgIpc) is 2.60. The highest BCUT2D eigenvalue weighted by molar-refractivity contribution is 7.90. The van der Waals surface area contributed by atoms with Gasteiger partial charge < -0.3 is 10.2 Å². The summed E-state index contributed by atoms with van der Waals surface area (Å²) in [5.74, 6) is 0.148. The zero-order valence-corrected chi connectivity index (χ0v) is 9.75. The van der Waals surface area contributed by atoms with Crippen molar-refractivity contribution in [3.05, 3.63) is 30.0 Å². The summed E-state index contributed by atoms with van der Waals surface area (Å²) in [6, 6.07) is 5.21. The Bertz CT molecular complexity index is 613. The molecule has 4 nitrogen and oxygen atoms in total. The number of sulfone groups is 1. The van der Waals surface area contributed by atoms with Gasteiger partial charge in [0, 0.05) is 28.5 Å². The summed E-state index contributed by atoms with van der Waals surface area (Å²) in [6.07, 6.45) is 1.48. The lowest BCUT2D eigenvalue weighted by Crippen LogP contribution is -2.05. The molecule has 5 heteroatoms. The van der Waals surface area contributed by atoms with Crippen LogP contribution >= 0.6 is 0 Å². The Hall–Kier alpha value is -1.49. The van der Waals surface area contributed by atoms with Gasteiger partial charge in [-0.25, -0.2) is 8.42 Å². The molecule has 0 atom stereocenters. The average molecular weight is 239 g/mol. The maximum atomic E-state index is 11.5. The van der Waals surface area contributed by atoms with Crippen molar-refractivity contribution in [3.8, 4) is 0 Å². The molecular weight excluding hydrogens is 226 g/mol. The molecule has 0 saturated carbocycles. The minimum atomic E-state index is -3.04. The standard InChI is InChI=1S/C11H13NO3S/c1-2-16(13,14)7-8-6-15-11-5-9(12)3-4-10(8)11/h3-6H,2,7,12H2,1H3. The molecule has 0 aliphatic carbocycles. The van der Waals surface area contributed by atoms with Gasteiger partial charge in [0.1, 0.15) is 5.58 Å². The molecule has 1 aromatic heterocycles. The molecule has 0 amide bonds. The number of hydrogen-bond acceptors (Lipinski definition) is 4. The van der Waals surface area contributed by atoms with Gasteiger partial charge in [-0.2, -0.15) is 0 Å². The van der Waals surface area contributed by atoms with Gasteiger partial charge in [-0.05, 0) is 12.1 Å². The number of rotatable bonds is 3. The summed E-state index contributed by atoms with van der Waals surface area (Å²) in [5, 5.41) is 0.811. The predicted octanol–water partition coefficient (Wildman–Crippen LogP) is 1.95. The van der Waals surface area contributed by atoms with E-state index in [4.69, 9.17) is 10.2 Å². The summed E-state index contributed by atoms with van der Waals surface area (Å²) < 4.78 is 28.3. The first kappa shape index (κ1) is 11.0. The molecule has 0 aliphatic rings. The smallest absolute Gasteiger partial charge is 0.154 e. The Morgan fingerprint density at radius 1 is 1.38 bits per heavy atom. The fourth-order valence-electron chi connectivity index (χ4n) is 1.55. The number of fused-ring (bicyclic) bond motifs is 1.